The summed E-state index contributed by atoms with van der Waals surface area (Å²) >= 11 is 0. The summed E-state index contributed by atoms with van der Waals surface area (Å²) in [5.41, 5.74) is 0.470. The third-order valence-corrected chi connectivity index (χ3v) is 2.40. The third-order valence-electron chi connectivity index (χ3n) is 2.40. The summed E-state index contributed by atoms with van der Waals surface area (Å²) in [5.74, 6) is 0.875. The van der Waals surface area contributed by atoms with Crippen LogP contribution < -0.4 is 4.90 Å². The number of hydrogen-bond donors (Lipinski definition) is 0. The monoisotopic (exact) mass is 203 g/mol. The lowest BCUT2D eigenvalue weighted by Gasteiger charge is -2.20. The number of hydrogen-bond acceptors (Lipinski definition) is 4. The summed E-state index contributed by atoms with van der Waals surface area (Å²) in [4.78, 5) is 6.43. The summed E-state index contributed by atoms with van der Waals surface area (Å²) in [6, 6.07) is 7.58. The van der Waals surface area contributed by atoms with E-state index in [-0.39, 0.29) is 0 Å². The van der Waals surface area contributed by atoms with Crippen molar-refractivity contribution in [3.05, 3.63) is 23.9 Å². The second kappa shape index (κ2) is 4.76. The van der Waals surface area contributed by atoms with E-state index in [9.17, 15) is 0 Å². The van der Waals surface area contributed by atoms with Gasteiger partial charge in [0.25, 0.3) is 0 Å². The molecule has 0 N–H and O–H groups in total. The predicted octanol–water partition coefficient (Wildman–Crippen LogP) is 1.18. The molecule has 0 atom stereocenters. The van der Waals surface area contributed by atoms with Crippen LogP contribution in [0, 0.1) is 11.3 Å². The van der Waals surface area contributed by atoms with Gasteiger partial charge in [0, 0.05) is 19.7 Å². The van der Waals surface area contributed by atoms with Crippen molar-refractivity contribution in [2.75, 3.05) is 31.2 Å². The maximum absolute atomic E-state index is 8.76. The van der Waals surface area contributed by atoms with Gasteiger partial charge < -0.3 is 9.64 Å². The van der Waals surface area contributed by atoms with Gasteiger partial charge in [-0.2, -0.15) is 5.26 Å². The van der Waals surface area contributed by atoms with E-state index in [1.165, 1.54) is 0 Å². The predicted molar refractivity (Wildman–Crippen MR) is 56.6 cm³/mol. The molecule has 4 nitrogen and oxygen atoms in total. The first kappa shape index (κ1) is 9.94. The maximum atomic E-state index is 8.76. The molecule has 1 aliphatic rings. The van der Waals surface area contributed by atoms with E-state index in [2.05, 4.69) is 16.0 Å². The summed E-state index contributed by atoms with van der Waals surface area (Å²) in [6.45, 7) is 3.34. The molecule has 0 saturated carbocycles. The van der Waals surface area contributed by atoms with Crippen LogP contribution in [0.5, 0.6) is 0 Å². The number of rotatable bonds is 1. The second-order valence-corrected chi connectivity index (χ2v) is 3.45. The van der Waals surface area contributed by atoms with Gasteiger partial charge in [0.15, 0.2) is 0 Å². The highest BCUT2D eigenvalue weighted by molar-refractivity contribution is 5.41. The molecule has 0 spiro atoms. The Morgan fingerprint density at radius 2 is 2.27 bits per heavy atom. The van der Waals surface area contributed by atoms with Crippen molar-refractivity contribution in [1.82, 2.24) is 4.98 Å². The standard InChI is InChI=1S/C11H13N3O/c12-9-10-3-1-4-11(13-10)14-5-2-7-15-8-6-14/h1,3-4H,2,5-8H2. The van der Waals surface area contributed by atoms with Gasteiger partial charge in [-0.3, -0.25) is 0 Å². The normalized spacial score (nSPS) is 16.9. The molecule has 1 aromatic heterocycles. The highest BCUT2D eigenvalue weighted by Gasteiger charge is 2.11. The molecule has 0 radical (unpaired) electrons. The average Bonchev–Trinajstić information content (AvgIpc) is 2.58. The first-order valence-corrected chi connectivity index (χ1v) is 5.10. The van der Waals surface area contributed by atoms with Crippen molar-refractivity contribution in [3.8, 4) is 6.07 Å². The van der Waals surface area contributed by atoms with Crippen molar-refractivity contribution in [2.45, 2.75) is 6.42 Å². The Kier molecular flexibility index (Phi) is 3.15. The fourth-order valence-corrected chi connectivity index (χ4v) is 1.64. The summed E-state index contributed by atoms with van der Waals surface area (Å²) in [5, 5.41) is 8.76. The van der Waals surface area contributed by atoms with Crippen LogP contribution in [0.1, 0.15) is 12.1 Å². The Morgan fingerprint density at radius 1 is 1.33 bits per heavy atom. The molecule has 2 heterocycles. The lowest BCUT2D eigenvalue weighted by Crippen LogP contribution is -2.26. The average molecular weight is 203 g/mol. The van der Waals surface area contributed by atoms with Crippen molar-refractivity contribution >= 4 is 5.82 Å². The van der Waals surface area contributed by atoms with E-state index in [4.69, 9.17) is 10.00 Å². The Hall–Kier alpha value is -1.60. The Morgan fingerprint density at radius 3 is 3.13 bits per heavy atom. The van der Waals surface area contributed by atoms with Gasteiger partial charge in [-0.25, -0.2) is 4.98 Å². The Balaban J connectivity index is 2.16. The first-order chi connectivity index (χ1) is 7.40. The summed E-state index contributed by atoms with van der Waals surface area (Å²) in [6.07, 6.45) is 1.01. The first-order valence-electron chi connectivity index (χ1n) is 5.10. The molecular weight excluding hydrogens is 190 g/mol. The van der Waals surface area contributed by atoms with Gasteiger partial charge in [0.1, 0.15) is 17.6 Å². The van der Waals surface area contributed by atoms with E-state index < -0.39 is 0 Å². The Bertz CT molecular complexity index is 364. The van der Waals surface area contributed by atoms with E-state index in [0.717, 1.165) is 38.5 Å². The SMILES string of the molecule is N#Cc1cccc(N2CCCOCC2)n1. The van der Waals surface area contributed by atoms with E-state index in [1.807, 2.05) is 12.1 Å². The molecule has 0 unspecified atom stereocenters. The fourth-order valence-electron chi connectivity index (χ4n) is 1.64. The van der Waals surface area contributed by atoms with Crippen LogP contribution in [0.4, 0.5) is 5.82 Å². The topological polar surface area (TPSA) is 49.2 Å². The minimum absolute atomic E-state index is 0.470. The summed E-state index contributed by atoms with van der Waals surface area (Å²) in [7, 11) is 0. The molecule has 78 valence electrons. The number of anilines is 1. The molecule has 1 saturated heterocycles. The van der Waals surface area contributed by atoms with Crippen LogP contribution in [-0.4, -0.2) is 31.3 Å². The van der Waals surface area contributed by atoms with Gasteiger partial charge in [-0.05, 0) is 18.6 Å². The fraction of sp³-hybridized carbons (Fsp3) is 0.455. The van der Waals surface area contributed by atoms with Gasteiger partial charge in [0.2, 0.25) is 0 Å². The second-order valence-electron chi connectivity index (χ2n) is 3.45. The molecule has 0 aromatic carbocycles. The van der Waals surface area contributed by atoms with Gasteiger partial charge in [-0.15, -0.1) is 0 Å². The van der Waals surface area contributed by atoms with Crippen molar-refractivity contribution in [3.63, 3.8) is 0 Å². The Labute approximate surface area is 89.1 Å². The van der Waals surface area contributed by atoms with E-state index in [0.29, 0.717) is 5.69 Å². The largest absolute Gasteiger partial charge is 0.380 e. The van der Waals surface area contributed by atoms with Gasteiger partial charge in [0.05, 0.1) is 6.61 Å². The number of nitriles is 1. The van der Waals surface area contributed by atoms with Crippen LogP contribution in [0.15, 0.2) is 18.2 Å². The quantitative estimate of drug-likeness (QED) is 0.687. The highest BCUT2D eigenvalue weighted by Crippen LogP contribution is 2.13. The lowest BCUT2D eigenvalue weighted by atomic mass is 10.3. The van der Waals surface area contributed by atoms with E-state index >= 15 is 0 Å². The molecule has 4 heteroatoms. The number of aromatic nitrogens is 1. The van der Waals surface area contributed by atoms with E-state index in [1.54, 1.807) is 6.07 Å². The zero-order valence-electron chi connectivity index (χ0n) is 8.52. The molecule has 0 bridgehead atoms. The minimum atomic E-state index is 0.470. The van der Waals surface area contributed by atoms with Crippen LogP contribution >= 0.6 is 0 Å². The molecule has 0 amide bonds. The lowest BCUT2D eigenvalue weighted by molar-refractivity contribution is 0.152. The van der Waals surface area contributed by atoms with Gasteiger partial charge in [-0.1, -0.05) is 6.07 Å². The number of pyridine rings is 1. The molecule has 0 aliphatic carbocycles. The molecule has 1 aromatic rings. The molecule has 1 fully saturated rings. The molecular formula is C11H13N3O. The number of ether oxygens (including phenoxy) is 1. The number of nitrogens with zero attached hydrogens (tertiary/aromatic N) is 3. The van der Waals surface area contributed by atoms with Crippen LogP contribution in [-0.2, 0) is 4.74 Å². The van der Waals surface area contributed by atoms with Crippen molar-refractivity contribution in [2.24, 2.45) is 0 Å². The highest BCUT2D eigenvalue weighted by atomic mass is 16.5. The third kappa shape index (κ3) is 2.45. The van der Waals surface area contributed by atoms with Gasteiger partial charge >= 0.3 is 0 Å². The molecule has 1 aliphatic heterocycles. The summed E-state index contributed by atoms with van der Waals surface area (Å²) < 4.78 is 5.37. The maximum Gasteiger partial charge on any atom is 0.142 e. The van der Waals surface area contributed by atoms with Crippen LogP contribution in [0.3, 0.4) is 0 Å². The minimum Gasteiger partial charge on any atom is -0.380 e. The van der Waals surface area contributed by atoms with Crippen molar-refractivity contribution in [1.29, 1.82) is 5.26 Å². The van der Waals surface area contributed by atoms with Crippen molar-refractivity contribution < 1.29 is 4.74 Å². The smallest absolute Gasteiger partial charge is 0.142 e. The van der Waals surface area contributed by atoms with Crippen LogP contribution in [0.25, 0.3) is 0 Å². The molecule has 15 heavy (non-hydrogen) atoms. The molecule has 2 rings (SSSR count). The van der Waals surface area contributed by atoms with Crippen LogP contribution in [0.2, 0.25) is 0 Å². The zero-order chi connectivity index (χ0) is 10.5. The zero-order valence-corrected chi connectivity index (χ0v) is 8.52.